The smallest absolute Gasteiger partial charge is 0.296 e. The number of alkyl halides is 3. The van der Waals surface area contributed by atoms with Gasteiger partial charge in [-0.15, -0.1) is 0 Å². The zero-order valence-electron chi connectivity index (χ0n) is 12.2. The summed E-state index contributed by atoms with van der Waals surface area (Å²) in [5.74, 6) is 0.365. The van der Waals surface area contributed by atoms with Crippen molar-refractivity contribution >= 4 is 33.7 Å². The molecule has 0 unspecified atom stereocenters. The number of rotatable bonds is 1. The summed E-state index contributed by atoms with van der Waals surface area (Å²) in [6.07, 6.45) is -1.93. The summed E-state index contributed by atoms with van der Waals surface area (Å²) in [6.45, 7) is 0. The third kappa shape index (κ3) is 2.30. The molecule has 0 saturated heterocycles. The molecule has 0 aliphatic rings. The van der Waals surface area contributed by atoms with Gasteiger partial charge in [0.25, 0.3) is 0 Å². The van der Waals surface area contributed by atoms with Crippen LogP contribution in [0.3, 0.4) is 0 Å². The molecule has 0 bridgehead atoms. The molecule has 0 atom stereocenters. The molecule has 0 fully saturated rings. The normalized spacial score (nSPS) is 12.4. The van der Waals surface area contributed by atoms with Crippen molar-refractivity contribution in [2.75, 3.05) is 0 Å². The summed E-state index contributed by atoms with van der Waals surface area (Å²) in [5, 5.41) is 5.76. The fraction of sp³-hybridized carbons (Fsp3) is 0.133. The van der Waals surface area contributed by atoms with E-state index in [4.69, 9.17) is 11.6 Å². The second-order valence-electron chi connectivity index (χ2n) is 5.31. The van der Waals surface area contributed by atoms with Gasteiger partial charge in [0.05, 0.1) is 11.1 Å². The van der Waals surface area contributed by atoms with E-state index >= 15 is 0 Å². The Kier molecular flexibility index (Phi) is 3.08. The number of aromatic nitrogens is 5. The number of pyridine rings is 1. The first-order chi connectivity index (χ1) is 11.3. The van der Waals surface area contributed by atoms with Crippen LogP contribution >= 0.6 is 11.6 Å². The summed E-state index contributed by atoms with van der Waals surface area (Å²) < 4.78 is 41.5. The average Bonchev–Trinajstić information content (AvgIpc) is 3.07. The summed E-state index contributed by atoms with van der Waals surface area (Å²) >= 11 is 5.94. The molecule has 0 N–H and O–H groups in total. The van der Waals surface area contributed by atoms with Gasteiger partial charge in [0, 0.05) is 29.9 Å². The largest absolute Gasteiger partial charge is 0.417 e. The molecule has 4 rings (SSSR count). The molecule has 3 aromatic heterocycles. The van der Waals surface area contributed by atoms with Crippen LogP contribution in [0.15, 0.2) is 36.7 Å². The molecule has 1 aromatic carbocycles. The van der Waals surface area contributed by atoms with Crippen LogP contribution in [-0.2, 0) is 13.2 Å². The maximum absolute atomic E-state index is 12.8. The lowest BCUT2D eigenvalue weighted by Crippen LogP contribution is -2.06. The van der Waals surface area contributed by atoms with Crippen LogP contribution in [0.4, 0.5) is 13.2 Å². The van der Waals surface area contributed by atoms with Crippen molar-refractivity contribution in [1.82, 2.24) is 24.3 Å². The molecule has 3 heterocycles. The Morgan fingerprint density at radius 1 is 1.12 bits per heavy atom. The van der Waals surface area contributed by atoms with Crippen LogP contribution in [0.2, 0.25) is 5.02 Å². The lowest BCUT2D eigenvalue weighted by atomic mass is 10.2. The molecular weight excluding hydrogens is 343 g/mol. The standard InChI is InChI=1S/C15H9ClF3N5/c1-23-13-12(4-9(6-20-13)15(17,18)19)21-14(23)24-7-8-2-3-10(16)5-11(8)22-24/h2-7H,1H3. The molecule has 0 amide bonds. The van der Waals surface area contributed by atoms with E-state index in [1.165, 1.54) is 4.68 Å². The zero-order valence-corrected chi connectivity index (χ0v) is 13.0. The van der Waals surface area contributed by atoms with Crippen molar-refractivity contribution in [3.05, 3.63) is 47.2 Å². The van der Waals surface area contributed by atoms with Crippen molar-refractivity contribution < 1.29 is 13.2 Å². The Balaban J connectivity index is 1.90. The lowest BCUT2D eigenvalue weighted by Gasteiger charge is -2.05. The number of benzene rings is 1. The van der Waals surface area contributed by atoms with Crippen LogP contribution in [-0.4, -0.2) is 24.3 Å². The Morgan fingerprint density at radius 2 is 1.92 bits per heavy atom. The van der Waals surface area contributed by atoms with Crippen molar-refractivity contribution in [2.24, 2.45) is 7.05 Å². The van der Waals surface area contributed by atoms with Gasteiger partial charge in [-0.2, -0.15) is 18.3 Å². The minimum absolute atomic E-state index is 0.153. The Labute approximate surface area is 138 Å². The van der Waals surface area contributed by atoms with Gasteiger partial charge in [0.2, 0.25) is 5.95 Å². The highest BCUT2D eigenvalue weighted by Crippen LogP contribution is 2.30. The first-order valence-electron chi connectivity index (χ1n) is 6.88. The van der Waals surface area contributed by atoms with Gasteiger partial charge in [-0.3, -0.25) is 4.57 Å². The van der Waals surface area contributed by atoms with Gasteiger partial charge in [0.15, 0.2) is 5.65 Å². The minimum atomic E-state index is -4.46. The van der Waals surface area contributed by atoms with Crippen LogP contribution in [0, 0.1) is 0 Å². The fourth-order valence-corrected chi connectivity index (χ4v) is 2.68. The predicted octanol–water partition coefficient (Wildman–Crippen LogP) is 3.98. The molecular formula is C15H9ClF3N5. The molecule has 0 spiro atoms. The molecule has 122 valence electrons. The molecule has 0 radical (unpaired) electrons. The number of nitrogens with zero attached hydrogens (tertiary/aromatic N) is 5. The summed E-state index contributed by atoms with van der Waals surface area (Å²) in [5.41, 5.74) is 0.325. The summed E-state index contributed by atoms with van der Waals surface area (Å²) in [7, 11) is 1.67. The van der Waals surface area contributed by atoms with Gasteiger partial charge < -0.3 is 0 Å². The number of hydrogen-bond acceptors (Lipinski definition) is 3. The van der Waals surface area contributed by atoms with E-state index in [0.717, 1.165) is 17.6 Å². The topological polar surface area (TPSA) is 48.5 Å². The van der Waals surface area contributed by atoms with Crippen molar-refractivity contribution in [2.45, 2.75) is 6.18 Å². The quantitative estimate of drug-likeness (QED) is 0.521. The highest BCUT2D eigenvalue weighted by molar-refractivity contribution is 6.31. The van der Waals surface area contributed by atoms with E-state index < -0.39 is 11.7 Å². The van der Waals surface area contributed by atoms with E-state index in [0.29, 0.717) is 22.1 Å². The lowest BCUT2D eigenvalue weighted by molar-refractivity contribution is -0.137. The zero-order chi connectivity index (χ0) is 17.1. The van der Waals surface area contributed by atoms with Crippen LogP contribution in [0.1, 0.15) is 5.56 Å². The summed E-state index contributed by atoms with van der Waals surface area (Å²) in [6, 6.07) is 6.23. The van der Waals surface area contributed by atoms with E-state index in [-0.39, 0.29) is 5.52 Å². The molecule has 4 aromatic rings. The molecule has 0 aliphatic heterocycles. The number of fused-ring (bicyclic) bond motifs is 2. The third-order valence-electron chi connectivity index (χ3n) is 3.69. The monoisotopic (exact) mass is 351 g/mol. The van der Waals surface area contributed by atoms with Gasteiger partial charge >= 0.3 is 6.18 Å². The van der Waals surface area contributed by atoms with Gasteiger partial charge in [0.1, 0.15) is 5.52 Å². The van der Waals surface area contributed by atoms with Crippen LogP contribution in [0.25, 0.3) is 28.0 Å². The molecule has 0 aliphatic carbocycles. The third-order valence-corrected chi connectivity index (χ3v) is 3.92. The fourth-order valence-electron chi connectivity index (χ4n) is 2.52. The Morgan fingerprint density at radius 3 is 2.67 bits per heavy atom. The van der Waals surface area contributed by atoms with E-state index in [9.17, 15) is 13.2 Å². The van der Waals surface area contributed by atoms with Crippen LogP contribution < -0.4 is 0 Å². The van der Waals surface area contributed by atoms with Gasteiger partial charge in [-0.25, -0.2) is 14.6 Å². The second-order valence-corrected chi connectivity index (χ2v) is 5.75. The van der Waals surface area contributed by atoms with E-state index in [2.05, 4.69) is 15.1 Å². The van der Waals surface area contributed by atoms with Gasteiger partial charge in [-0.05, 0) is 24.3 Å². The number of aryl methyl sites for hydroxylation is 1. The SMILES string of the molecule is Cn1c(-n2cc3ccc(Cl)cc3n2)nc2cc(C(F)(F)F)cnc21. The number of imidazole rings is 1. The highest BCUT2D eigenvalue weighted by atomic mass is 35.5. The van der Waals surface area contributed by atoms with Crippen LogP contribution in [0.5, 0.6) is 0 Å². The average molecular weight is 352 g/mol. The van der Waals surface area contributed by atoms with E-state index in [1.54, 1.807) is 29.9 Å². The van der Waals surface area contributed by atoms with Crippen molar-refractivity contribution in [3.63, 3.8) is 0 Å². The Bertz CT molecular complexity index is 1080. The summed E-state index contributed by atoms with van der Waals surface area (Å²) in [4.78, 5) is 8.12. The molecule has 5 nitrogen and oxygen atoms in total. The maximum Gasteiger partial charge on any atom is 0.417 e. The molecule has 0 saturated carbocycles. The van der Waals surface area contributed by atoms with E-state index in [1.807, 2.05) is 6.07 Å². The second kappa shape index (κ2) is 4.94. The van der Waals surface area contributed by atoms with Crippen molar-refractivity contribution in [3.8, 4) is 5.95 Å². The minimum Gasteiger partial charge on any atom is -0.296 e. The maximum atomic E-state index is 12.8. The number of halogens is 4. The first-order valence-corrected chi connectivity index (χ1v) is 7.26. The molecule has 9 heteroatoms. The number of hydrogen-bond donors (Lipinski definition) is 0. The highest BCUT2D eigenvalue weighted by Gasteiger charge is 2.31. The van der Waals surface area contributed by atoms with Gasteiger partial charge in [-0.1, -0.05) is 11.6 Å². The Hall–Kier alpha value is -2.61. The van der Waals surface area contributed by atoms with Crippen molar-refractivity contribution in [1.29, 1.82) is 0 Å². The predicted molar refractivity (Wildman–Crippen MR) is 83.1 cm³/mol. The molecule has 24 heavy (non-hydrogen) atoms. The first kappa shape index (κ1) is 14.9.